The largest absolute Gasteiger partial charge is 0.356 e. The van der Waals surface area contributed by atoms with Crippen LogP contribution in [0.15, 0.2) is 0 Å². The molecular formula is C40H84N6O2. The molecular weight excluding hydrogens is 596 g/mol. The minimum atomic E-state index is 0.221. The summed E-state index contributed by atoms with van der Waals surface area (Å²) in [6, 6.07) is 0. The molecule has 2 amide bonds. The molecule has 0 aromatic rings. The van der Waals surface area contributed by atoms with Crippen LogP contribution < -0.4 is 31.9 Å². The molecule has 0 saturated carbocycles. The van der Waals surface area contributed by atoms with E-state index >= 15 is 0 Å². The maximum atomic E-state index is 12.0. The van der Waals surface area contributed by atoms with Gasteiger partial charge in [0.1, 0.15) is 0 Å². The fraction of sp³-hybridized carbons (Fsp3) is 0.950. The summed E-state index contributed by atoms with van der Waals surface area (Å²) in [6.45, 7) is 14.4. The fourth-order valence-corrected chi connectivity index (χ4v) is 5.93. The molecule has 0 fully saturated rings. The first kappa shape index (κ1) is 46.8. The lowest BCUT2D eigenvalue weighted by Crippen LogP contribution is -2.28. The van der Waals surface area contributed by atoms with Gasteiger partial charge in [-0.3, -0.25) is 9.59 Å². The van der Waals surface area contributed by atoms with Crippen molar-refractivity contribution in [2.75, 3.05) is 65.4 Å². The zero-order valence-corrected chi connectivity index (χ0v) is 32.3. The van der Waals surface area contributed by atoms with E-state index < -0.39 is 0 Å². The third kappa shape index (κ3) is 41.0. The van der Waals surface area contributed by atoms with E-state index in [1.165, 1.54) is 116 Å². The Labute approximate surface area is 299 Å². The number of hydrogen-bond donors (Lipinski definition) is 6. The lowest BCUT2D eigenvalue weighted by molar-refractivity contribution is -0.122. The topological polar surface area (TPSA) is 106 Å². The fourth-order valence-electron chi connectivity index (χ4n) is 5.93. The van der Waals surface area contributed by atoms with E-state index in [0.717, 1.165) is 104 Å². The summed E-state index contributed by atoms with van der Waals surface area (Å²) >= 11 is 0. The third-order valence-corrected chi connectivity index (χ3v) is 9.09. The molecule has 0 rings (SSSR count). The molecule has 0 aliphatic rings. The summed E-state index contributed by atoms with van der Waals surface area (Å²) in [5, 5.41) is 20.2. The second-order valence-corrected chi connectivity index (χ2v) is 14.0. The predicted molar refractivity (Wildman–Crippen MR) is 209 cm³/mol. The van der Waals surface area contributed by atoms with Gasteiger partial charge in [-0.25, -0.2) is 0 Å². The number of hydrogen-bond acceptors (Lipinski definition) is 6. The van der Waals surface area contributed by atoms with Crippen LogP contribution in [0.2, 0.25) is 0 Å². The van der Waals surface area contributed by atoms with E-state index in [9.17, 15) is 9.59 Å². The Hall–Kier alpha value is -1.22. The second-order valence-electron chi connectivity index (χ2n) is 14.0. The van der Waals surface area contributed by atoms with E-state index in [-0.39, 0.29) is 11.8 Å². The Morgan fingerprint density at radius 2 is 0.542 bits per heavy atom. The van der Waals surface area contributed by atoms with Crippen molar-refractivity contribution in [3.8, 4) is 0 Å². The van der Waals surface area contributed by atoms with Gasteiger partial charge < -0.3 is 31.9 Å². The van der Waals surface area contributed by atoms with Crippen LogP contribution in [0.4, 0.5) is 0 Å². The number of amides is 2. The van der Waals surface area contributed by atoms with E-state index in [0.29, 0.717) is 12.8 Å². The highest BCUT2D eigenvalue weighted by molar-refractivity contribution is 5.76. The normalized spacial score (nSPS) is 11.3. The van der Waals surface area contributed by atoms with E-state index in [4.69, 9.17) is 0 Å². The molecule has 0 bridgehead atoms. The molecule has 6 N–H and O–H groups in total. The van der Waals surface area contributed by atoms with Crippen LogP contribution in [0.25, 0.3) is 0 Å². The summed E-state index contributed by atoms with van der Waals surface area (Å²) in [7, 11) is 0. The van der Waals surface area contributed by atoms with Gasteiger partial charge in [0.25, 0.3) is 0 Å². The average Bonchev–Trinajstić information content (AvgIpc) is 3.09. The van der Waals surface area contributed by atoms with Gasteiger partial charge in [-0.2, -0.15) is 0 Å². The highest BCUT2D eigenvalue weighted by Crippen LogP contribution is 2.11. The van der Waals surface area contributed by atoms with Gasteiger partial charge in [-0.15, -0.1) is 0 Å². The maximum Gasteiger partial charge on any atom is 0.219 e. The first-order valence-electron chi connectivity index (χ1n) is 21.1. The molecule has 0 heterocycles. The van der Waals surface area contributed by atoms with Gasteiger partial charge in [0, 0.05) is 25.9 Å². The molecule has 0 atom stereocenters. The summed E-state index contributed by atoms with van der Waals surface area (Å²) in [5.41, 5.74) is 0. The Morgan fingerprint density at radius 1 is 0.292 bits per heavy atom. The highest BCUT2D eigenvalue weighted by Gasteiger charge is 2.02. The van der Waals surface area contributed by atoms with Crippen LogP contribution in [-0.4, -0.2) is 77.3 Å². The number of unbranched alkanes of at least 4 members (excludes halogenated alkanes) is 17. The molecule has 8 heteroatoms. The van der Waals surface area contributed by atoms with Crippen molar-refractivity contribution in [2.24, 2.45) is 0 Å². The van der Waals surface area contributed by atoms with Crippen LogP contribution in [0.5, 0.6) is 0 Å². The van der Waals surface area contributed by atoms with E-state index in [2.05, 4.69) is 45.7 Å². The molecule has 0 aliphatic carbocycles. The van der Waals surface area contributed by atoms with Crippen molar-refractivity contribution < 1.29 is 9.59 Å². The molecule has 0 aromatic carbocycles. The SMILES string of the molecule is CCCCCCCCCCCC(=O)NCCCNCCCNCCCCNCCCNCCCNC(=O)CCCCCCCCCCC. The zero-order valence-electron chi connectivity index (χ0n) is 32.3. The minimum Gasteiger partial charge on any atom is -0.356 e. The zero-order chi connectivity index (χ0) is 34.9. The Balaban J connectivity index is 3.17. The monoisotopic (exact) mass is 681 g/mol. The molecule has 0 spiro atoms. The molecule has 0 aromatic heterocycles. The first-order chi connectivity index (χ1) is 23.7. The van der Waals surface area contributed by atoms with Gasteiger partial charge in [0.2, 0.25) is 11.8 Å². The quantitative estimate of drug-likeness (QED) is 0.0369. The molecule has 0 unspecified atom stereocenters. The van der Waals surface area contributed by atoms with Gasteiger partial charge in [-0.05, 0) is 104 Å². The smallest absolute Gasteiger partial charge is 0.219 e. The molecule has 286 valence electrons. The van der Waals surface area contributed by atoms with Crippen molar-refractivity contribution in [3.05, 3.63) is 0 Å². The number of nitrogens with one attached hydrogen (secondary N) is 6. The van der Waals surface area contributed by atoms with Gasteiger partial charge in [-0.1, -0.05) is 117 Å². The third-order valence-electron chi connectivity index (χ3n) is 9.09. The summed E-state index contributed by atoms with van der Waals surface area (Å²) in [5.74, 6) is 0.441. The Kier molecular flexibility index (Phi) is 40.9. The standard InChI is InChI=1S/C40H84N6O2/c1-3-5-7-9-11-13-15-17-19-27-39(47)45-37-25-35-43-33-23-31-41-29-21-22-30-42-32-24-34-44-36-26-38-46-40(48)28-20-18-16-14-12-10-8-6-4-2/h41-44H,3-38H2,1-2H3,(H,45,47)(H,46,48). The van der Waals surface area contributed by atoms with Crippen molar-refractivity contribution in [1.29, 1.82) is 0 Å². The van der Waals surface area contributed by atoms with E-state index in [1.54, 1.807) is 0 Å². The lowest BCUT2D eigenvalue weighted by Gasteiger charge is -2.09. The number of carbonyl (C=O) groups is 2. The molecule has 0 radical (unpaired) electrons. The molecule has 0 saturated heterocycles. The summed E-state index contributed by atoms with van der Waals surface area (Å²) in [4.78, 5) is 23.9. The van der Waals surface area contributed by atoms with Crippen LogP contribution in [-0.2, 0) is 9.59 Å². The maximum absolute atomic E-state index is 12.0. The molecule has 8 nitrogen and oxygen atoms in total. The van der Waals surface area contributed by atoms with Crippen LogP contribution in [0, 0.1) is 0 Å². The average molecular weight is 681 g/mol. The van der Waals surface area contributed by atoms with Crippen molar-refractivity contribution in [2.45, 2.75) is 181 Å². The second kappa shape index (κ2) is 41.9. The van der Waals surface area contributed by atoms with Gasteiger partial charge in [0.15, 0.2) is 0 Å². The molecule has 48 heavy (non-hydrogen) atoms. The summed E-state index contributed by atoms with van der Waals surface area (Å²) < 4.78 is 0. The highest BCUT2D eigenvalue weighted by atomic mass is 16.2. The number of rotatable bonds is 41. The van der Waals surface area contributed by atoms with Crippen LogP contribution in [0.1, 0.15) is 181 Å². The Bertz CT molecular complexity index is 597. The van der Waals surface area contributed by atoms with Crippen molar-refractivity contribution >= 4 is 11.8 Å². The van der Waals surface area contributed by atoms with Crippen molar-refractivity contribution in [3.63, 3.8) is 0 Å². The van der Waals surface area contributed by atoms with E-state index in [1.807, 2.05) is 0 Å². The first-order valence-corrected chi connectivity index (χ1v) is 21.1. The lowest BCUT2D eigenvalue weighted by atomic mass is 10.1. The van der Waals surface area contributed by atoms with Gasteiger partial charge >= 0.3 is 0 Å². The minimum absolute atomic E-state index is 0.221. The van der Waals surface area contributed by atoms with Crippen LogP contribution >= 0.6 is 0 Å². The van der Waals surface area contributed by atoms with Gasteiger partial charge in [0.05, 0.1) is 0 Å². The van der Waals surface area contributed by atoms with Crippen LogP contribution in [0.3, 0.4) is 0 Å². The summed E-state index contributed by atoms with van der Waals surface area (Å²) in [6.07, 6.45) is 31.3. The predicted octanol–water partition coefficient (Wildman–Crippen LogP) is 7.76. The number of carbonyl (C=O) groups excluding carboxylic acids is 2. The Morgan fingerprint density at radius 3 is 0.854 bits per heavy atom. The van der Waals surface area contributed by atoms with Crippen molar-refractivity contribution in [1.82, 2.24) is 31.9 Å². The molecule has 0 aliphatic heterocycles.